The Kier molecular flexibility index (Phi) is 4.40. The zero-order valence-corrected chi connectivity index (χ0v) is 17.1. The predicted octanol–water partition coefficient (Wildman–Crippen LogP) is 1.23. The molecule has 2 aliphatic heterocycles. The minimum absolute atomic E-state index is 0.0171. The number of morpholine rings is 1. The number of fused-ring (bicyclic) bond motifs is 1. The van der Waals surface area contributed by atoms with Gasteiger partial charge in [0.05, 0.1) is 25.3 Å². The third kappa shape index (κ3) is 3.22. The zero-order chi connectivity index (χ0) is 20.2. The highest BCUT2D eigenvalue weighted by molar-refractivity contribution is 6.07. The van der Waals surface area contributed by atoms with Crippen LogP contribution >= 0.6 is 0 Å². The van der Waals surface area contributed by atoms with Crippen LogP contribution < -0.4 is 5.32 Å². The van der Waals surface area contributed by atoms with Gasteiger partial charge in [-0.1, -0.05) is 18.2 Å². The van der Waals surface area contributed by atoms with Gasteiger partial charge in [0.25, 0.3) is 5.91 Å². The van der Waals surface area contributed by atoms with E-state index in [0.29, 0.717) is 32.2 Å². The molecule has 2 amide bonds. The Labute approximate surface area is 170 Å². The topological polar surface area (TPSA) is 66.8 Å². The highest BCUT2D eigenvalue weighted by Crippen LogP contribution is 2.36. The van der Waals surface area contributed by atoms with Crippen molar-refractivity contribution in [2.24, 2.45) is 13.0 Å². The van der Waals surface area contributed by atoms with Gasteiger partial charge in [-0.2, -0.15) is 0 Å². The number of nitrogens with zero attached hydrogens (tertiary/aromatic N) is 3. The summed E-state index contributed by atoms with van der Waals surface area (Å²) in [7, 11) is 3.64. The number of carbonyl (C=O) groups excluding carboxylic acids is 2. The van der Waals surface area contributed by atoms with Crippen LogP contribution in [0.15, 0.2) is 30.5 Å². The van der Waals surface area contributed by atoms with Crippen LogP contribution in [0.25, 0.3) is 10.9 Å². The monoisotopic (exact) mass is 396 g/mol. The van der Waals surface area contributed by atoms with Crippen molar-refractivity contribution in [2.75, 3.05) is 39.8 Å². The molecule has 0 bridgehead atoms. The van der Waals surface area contributed by atoms with E-state index in [2.05, 4.69) is 10.2 Å². The number of amides is 2. The summed E-state index contributed by atoms with van der Waals surface area (Å²) in [6.45, 7) is 3.21. The second-order valence-electron chi connectivity index (χ2n) is 8.83. The molecule has 1 unspecified atom stereocenters. The van der Waals surface area contributed by atoms with Crippen molar-refractivity contribution < 1.29 is 14.3 Å². The van der Waals surface area contributed by atoms with E-state index in [0.717, 1.165) is 23.0 Å². The molecule has 3 fully saturated rings. The van der Waals surface area contributed by atoms with Crippen molar-refractivity contribution in [3.63, 3.8) is 0 Å². The Balaban J connectivity index is 1.30. The summed E-state index contributed by atoms with van der Waals surface area (Å²) in [6.07, 6.45) is 4.41. The van der Waals surface area contributed by atoms with Crippen molar-refractivity contribution >= 4 is 22.7 Å². The molecule has 2 saturated heterocycles. The summed E-state index contributed by atoms with van der Waals surface area (Å²) in [5.41, 5.74) is 1.45. The number of carbonyl (C=O) groups is 2. The number of benzene rings is 1. The second-order valence-corrected chi connectivity index (χ2v) is 8.83. The molecule has 154 valence electrons. The largest absolute Gasteiger partial charge is 0.368 e. The first kappa shape index (κ1) is 18.6. The molecule has 1 saturated carbocycles. The van der Waals surface area contributed by atoms with Crippen LogP contribution in [0.2, 0.25) is 0 Å². The highest BCUT2D eigenvalue weighted by atomic mass is 16.5. The van der Waals surface area contributed by atoms with Gasteiger partial charge in [-0.25, -0.2) is 0 Å². The van der Waals surface area contributed by atoms with Gasteiger partial charge >= 0.3 is 0 Å². The van der Waals surface area contributed by atoms with Gasteiger partial charge in [-0.05, 0) is 24.8 Å². The maximum Gasteiger partial charge on any atom is 0.256 e. The van der Waals surface area contributed by atoms with Gasteiger partial charge in [0.2, 0.25) is 5.91 Å². The third-order valence-electron chi connectivity index (χ3n) is 6.59. The molecule has 7 heteroatoms. The number of rotatable bonds is 4. The molecule has 7 nitrogen and oxygen atoms in total. The lowest BCUT2D eigenvalue weighted by Gasteiger charge is -2.55. The maximum atomic E-state index is 13.1. The van der Waals surface area contributed by atoms with E-state index in [1.165, 1.54) is 12.8 Å². The first-order valence-electron chi connectivity index (χ1n) is 10.4. The number of hydrogen-bond acceptors (Lipinski definition) is 4. The standard InChI is InChI=1S/C22H28N4O3/c1-23-20(27)19-11-29-22(12-25(19)9-15-7-8-15)13-26(14-22)21(28)17-10-24(2)18-6-4-3-5-16(17)18/h3-6,10,15,19H,7-9,11-14H2,1-2H3,(H,23,27). The quantitative estimate of drug-likeness (QED) is 0.844. The van der Waals surface area contributed by atoms with Crippen molar-refractivity contribution in [2.45, 2.75) is 24.5 Å². The van der Waals surface area contributed by atoms with E-state index < -0.39 is 0 Å². The summed E-state index contributed by atoms with van der Waals surface area (Å²) in [6, 6.07) is 7.76. The molecule has 29 heavy (non-hydrogen) atoms. The Morgan fingerprint density at radius 3 is 2.69 bits per heavy atom. The van der Waals surface area contributed by atoms with E-state index in [9.17, 15) is 9.59 Å². The van der Waals surface area contributed by atoms with Crippen LogP contribution in [0.5, 0.6) is 0 Å². The van der Waals surface area contributed by atoms with Gasteiger partial charge in [0, 0.05) is 44.3 Å². The van der Waals surface area contributed by atoms with E-state index in [1.807, 2.05) is 47.0 Å². The SMILES string of the molecule is CNC(=O)C1COC2(CN(C(=O)c3cn(C)c4ccccc34)C2)CN1CC1CC1. The number of aromatic nitrogens is 1. The average molecular weight is 396 g/mol. The highest BCUT2D eigenvalue weighted by Gasteiger charge is 2.52. The molecule has 5 rings (SSSR count). The van der Waals surface area contributed by atoms with Crippen molar-refractivity contribution in [1.82, 2.24) is 19.7 Å². The van der Waals surface area contributed by atoms with Crippen LogP contribution in [0.1, 0.15) is 23.2 Å². The van der Waals surface area contributed by atoms with Gasteiger partial charge < -0.3 is 19.5 Å². The van der Waals surface area contributed by atoms with E-state index in [-0.39, 0.29) is 23.5 Å². The third-order valence-corrected chi connectivity index (χ3v) is 6.59. The second kappa shape index (κ2) is 6.85. The molecule has 1 atom stereocenters. The number of para-hydroxylation sites is 1. The zero-order valence-electron chi connectivity index (χ0n) is 17.1. The van der Waals surface area contributed by atoms with Gasteiger partial charge in [0.1, 0.15) is 11.6 Å². The van der Waals surface area contributed by atoms with Crippen molar-refractivity contribution in [3.05, 3.63) is 36.0 Å². The van der Waals surface area contributed by atoms with Crippen LogP contribution in [-0.4, -0.2) is 77.7 Å². The van der Waals surface area contributed by atoms with Crippen LogP contribution in [-0.2, 0) is 16.6 Å². The van der Waals surface area contributed by atoms with Crippen LogP contribution in [0, 0.1) is 5.92 Å². The Morgan fingerprint density at radius 1 is 1.21 bits per heavy atom. The summed E-state index contributed by atoms with van der Waals surface area (Å²) in [4.78, 5) is 29.6. The summed E-state index contributed by atoms with van der Waals surface area (Å²) in [5.74, 6) is 0.771. The van der Waals surface area contributed by atoms with Gasteiger partial charge in [-0.3, -0.25) is 14.5 Å². The first-order chi connectivity index (χ1) is 14.0. The van der Waals surface area contributed by atoms with Crippen LogP contribution in [0.4, 0.5) is 0 Å². The number of ether oxygens (including phenoxy) is 1. The first-order valence-corrected chi connectivity index (χ1v) is 10.4. The number of likely N-dealkylation sites (tertiary alicyclic amines) is 1. The molecule has 1 aliphatic carbocycles. The number of nitrogens with one attached hydrogen (secondary N) is 1. The van der Waals surface area contributed by atoms with Crippen molar-refractivity contribution in [1.29, 1.82) is 0 Å². The molecule has 1 N–H and O–H groups in total. The molecule has 1 spiro atoms. The van der Waals surface area contributed by atoms with E-state index in [1.54, 1.807) is 7.05 Å². The molecule has 2 aromatic rings. The van der Waals surface area contributed by atoms with E-state index >= 15 is 0 Å². The fourth-order valence-corrected chi connectivity index (χ4v) is 4.79. The predicted molar refractivity (Wildman–Crippen MR) is 110 cm³/mol. The number of hydrogen-bond donors (Lipinski definition) is 1. The summed E-state index contributed by atoms with van der Waals surface area (Å²) >= 11 is 0. The number of aryl methyl sites for hydroxylation is 1. The Hall–Kier alpha value is -2.38. The Bertz CT molecular complexity index is 958. The van der Waals surface area contributed by atoms with Gasteiger partial charge in [-0.15, -0.1) is 0 Å². The minimum Gasteiger partial charge on any atom is -0.368 e. The fourth-order valence-electron chi connectivity index (χ4n) is 4.79. The minimum atomic E-state index is -0.348. The van der Waals surface area contributed by atoms with Crippen molar-refractivity contribution in [3.8, 4) is 0 Å². The lowest BCUT2D eigenvalue weighted by Crippen LogP contribution is -2.73. The fraction of sp³-hybridized carbons (Fsp3) is 0.545. The molecule has 3 heterocycles. The summed E-state index contributed by atoms with van der Waals surface area (Å²) < 4.78 is 8.18. The molecular formula is C22H28N4O3. The molecule has 1 aromatic heterocycles. The molecule has 1 aromatic carbocycles. The van der Waals surface area contributed by atoms with Gasteiger partial charge in [0.15, 0.2) is 0 Å². The molecular weight excluding hydrogens is 368 g/mol. The maximum absolute atomic E-state index is 13.1. The Morgan fingerprint density at radius 2 is 1.97 bits per heavy atom. The average Bonchev–Trinajstić information content (AvgIpc) is 3.46. The lowest BCUT2D eigenvalue weighted by atomic mass is 9.89. The smallest absolute Gasteiger partial charge is 0.256 e. The van der Waals surface area contributed by atoms with E-state index in [4.69, 9.17) is 4.74 Å². The number of likely N-dealkylation sites (N-methyl/N-ethyl adjacent to an activating group) is 1. The molecule has 0 radical (unpaired) electrons. The lowest BCUT2D eigenvalue weighted by molar-refractivity contribution is -0.191. The summed E-state index contributed by atoms with van der Waals surface area (Å²) in [5, 5.41) is 3.75. The molecule has 3 aliphatic rings. The normalized spacial score (nSPS) is 23.9. The van der Waals surface area contributed by atoms with Crippen LogP contribution in [0.3, 0.4) is 0 Å².